The summed E-state index contributed by atoms with van der Waals surface area (Å²) in [7, 11) is 0. The molecule has 0 aromatic carbocycles. The number of thioether (sulfide) groups is 1. The molecule has 2 aromatic heterocycles. The molecular formula is C13H12ClN3OS. The summed E-state index contributed by atoms with van der Waals surface area (Å²) in [5.41, 5.74) is 1.42. The maximum atomic E-state index is 11.9. The second-order valence-electron chi connectivity index (χ2n) is 3.80. The highest BCUT2D eigenvalue weighted by Crippen LogP contribution is 2.13. The maximum Gasteiger partial charge on any atom is 0.275 e. The van der Waals surface area contributed by atoms with E-state index in [1.54, 1.807) is 30.1 Å². The summed E-state index contributed by atoms with van der Waals surface area (Å²) in [5, 5.41) is 3.21. The Morgan fingerprint density at radius 3 is 2.89 bits per heavy atom. The predicted molar refractivity (Wildman–Crippen MR) is 78.7 cm³/mol. The summed E-state index contributed by atoms with van der Waals surface area (Å²) in [5.74, 6) is 1.10. The molecule has 0 atom stereocenters. The van der Waals surface area contributed by atoms with Gasteiger partial charge in [-0.2, -0.15) is 11.8 Å². The minimum absolute atomic E-state index is 0.300. The number of nitrogens with zero attached hydrogens (tertiary/aromatic N) is 2. The standard InChI is InChI=1S/C13H12ClN3OS/c1-19-8-9-4-5-15-12(6-9)17-13(18)11-3-2-10(14)7-16-11/h2-7H,8H2,1H3,(H,15,17,18). The van der Waals surface area contributed by atoms with Crippen LogP contribution in [0.2, 0.25) is 5.02 Å². The van der Waals surface area contributed by atoms with Crippen molar-refractivity contribution in [1.29, 1.82) is 0 Å². The van der Waals surface area contributed by atoms with Crippen molar-refractivity contribution in [3.05, 3.63) is 52.9 Å². The number of carbonyl (C=O) groups is 1. The number of hydrogen-bond acceptors (Lipinski definition) is 4. The molecule has 0 bridgehead atoms. The van der Waals surface area contributed by atoms with Crippen LogP contribution in [0.1, 0.15) is 16.1 Å². The van der Waals surface area contributed by atoms with Gasteiger partial charge in [-0.1, -0.05) is 11.6 Å². The predicted octanol–water partition coefficient (Wildman–Crippen LogP) is 3.25. The highest BCUT2D eigenvalue weighted by Gasteiger charge is 2.08. The number of rotatable bonds is 4. The van der Waals surface area contributed by atoms with E-state index in [4.69, 9.17) is 11.6 Å². The van der Waals surface area contributed by atoms with Crippen molar-refractivity contribution in [2.75, 3.05) is 11.6 Å². The summed E-state index contributed by atoms with van der Waals surface area (Å²) < 4.78 is 0. The second-order valence-corrected chi connectivity index (χ2v) is 5.10. The van der Waals surface area contributed by atoms with Gasteiger partial charge in [0.15, 0.2) is 0 Å². The van der Waals surface area contributed by atoms with Crippen molar-refractivity contribution in [1.82, 2.24) is 9.97 Å². The number of amides is 1. The van der Waals surface area contributed by atoms with Crippen LogP contribution in [0.4, 0.5) is 5.82 Å². The van der Waals surface area contributed by atoms with E-state index >= 15 is 0 Å². The fourth-order valence-corrected chi connectivity index (χ4v) is 2.11. The molecular weight excluding hydrogens is 282 g/mol. The Morgan fingerprint density at radius 1 is 1.37 bits per heavy atom. The smallest absolute Gasteiger partial charge is 0.275 e. The van der Waals surface area contributed by atoms with Gasteiger partial charge in [-0.05, 0) is 36.1 Å². The van der Waals surface area contributed by atoms with Gasteiger partial charge in [-0.25, -0.2) is 9.97 Å². The molecule has 4 nitrogen and oxygen atoms in total. The van der Waals surface area contributed by atoms with Crippen molar-refractivity contribution in [3.8, 4) is 0 Å². The van der Waals surface area contributed by atoms with Crippen LogP contribution < -0.4 is 5.32 Å². The number of halogens is 1. The van der Waals surface area contributed by atoms with Crippen LogP contribution >= 0.6 is 23.4 Å². The Bertz CT molecular complexity index is 574. The van der Waals surface area contributed by atoms with Gasteiger partial charge in [0.2, 0.25) is 0 Å². The Balaban J connectivity index is 2.10. The molecule has 2 rings (SSSR count). The van der Waals surface area contributed by atoms with Crippen LogP contribution in [-0.4, -0.2) is 22.1 Å². The number of pyridine rings is 2. The molecule has 0 fully saturated rings. The van der Waals surface area contributed by atoms with E-state index in [9.17, 15) is 4.79 Å². The highest BCUT2D eigenvalue weighted by atomic mass is 35.5. The summed E-state index contributed by atoms with van der Waals surface area (Å²) >= 11 is 7.44. The maximum absolute atomic E-state index is 11.9. The van der Waals surface area contributed by atoms with Crippen molar-refractivity contribution in [2.24, 2.45) is 0 Å². The molecule has 0 aliphatic heterocycles. The van der Waals surface area contributed by atoms with E-state index in [0.29, 0.717) is 16.5 Å². The fraction of sp³-hybridized carbons (Fsp3) is 0.154. The Hall–Kier alpha value is -1.59. The molecule has 1 N–H and O–H groups in total. The quantitative estimate of drug-likeness (QED) is 0.940. The molecule has 98 valence electrons. The third kappa shape index (κ3) is 3.94. The SMILES string of the molecule is CSCc1ccnc(NC(=O)c2ccc(Cl)cn2)c1. The van der Waals surface area contributed by atoms with Gasteiger partial charge < -0.3 is 5.32 Å². The minimum Gasteiger partial charge on any atom is -0.305 e. The van der Waals surface area contributed by atoms with Gasteiger partial charge >= 0.3 is 0 Å². The first-order valence-corrected chi connectivity index (χ1v) is 7.33. The van der Waals surface area contributed by atoms with Gasteiger partial charge in [0.05, 0.1) is 5.02 Å². The van der Waals surface area contributed by atoms with E-state index in [0.717, 1.165) is 11.3 Å². The molecule has 2 aromatic rings. The molecule has 0 unspecified atom stereocenters. The lowest BCUT2D eigenvalue weighted by molar-refractivity contribution is 0.102. The number of carbonyl (C=O) groups excluding carboxylic acids is 1. The third-order valence-corrected chi connectivity index (χ3v) is 3.18. The minimum atomic E-state index is -0.300. The fourth-order valence-electron chi connectivity index (χ4n) is 1.49. The molecule has 0 aliphatic carbocycles. The second kappa shape index (κ2) is 6.54. The van der Waals surface area contributed by atoms with Crippen molar-refractivity contribution < 1.29 is 4.79 Å². The van der Waals surface area contributed by atoms with Gasteiger partial charge in [0.25, 0.3) is 5.91 Å². The average Bonchev–Trinajstić information content (AvgIpc) is 2.40. The number of aromatic nitrogens is 2. The van der Waals surface area contributed by atoms with Gasteiger partial charge in [0, 0.05) is 18.1 Å². The Kier molecular flexibility index (Phi) is 4.76. The topological polar surface area (TPSA) is 54.9 Å². The number of hydrogen-bond donors (Lipinski definition) is 1. The normalized spacial score (nSPS) is 10.2. The van der Waals surface area contributed by atoms with Crippen LogP contribution in [0, 0.1) is 0 Å². The monoisotopic (exact) mass is 293 g/mol. The van der Waals surface area contributed by atoms with Crippen LogP contribution in [0.25, 0.3) is 0 Å². The lowest BCUT2D eigenvalue weighted by atomic mass is 10.3. The van der Waals surface area contributed by atoms with Crippen LogP contribution in [0.3, 0.4) is 0 Å². The van der Waals surface area contributed by atoms with E-state index in [1.165, 1.54) is 6.20 Å². The first kappa shape index (κ1) is 13.8. The van der Waals surface area contributed by atoms with Crippen molar-refractivity contribution >= 4 is 35.1 Å². The highest BCUT2D eigenvalue weighted by molar-refractivity contribution is 7.97. The average molecular weight is 294 g/mol. The lowest BCUT2D eigenvalue weighted by Crippen LogP contribution is -2.14. The van der Waals surface area contributed by atoms with Gasteiger partial charge in [-0.3, -0.25) is 4.79 Å². The molecule has 2 heterocycles. The lowest BCUT2D eigenvalue weighted by Gasteiger charge is -2.05. The van der Waals surface area contributed by atoms with Crippen LogP contribution in [0.5, 0.6) is 0 Å². The molecule has 0 saturated heterocycles. The molecule has 19 heavy (non-hydrogen) atoms. The molecule has 6 heteroatoms. The zero-order valence-electron chi connectivity index (χ0n) is 10.3. The zero-order chi connectivity index (χ0) is 13.7. The molecule has 0 saturated carbocycles. The molecule has 0 spiro atoms. The molecule has 0 aliphatic rings. The van der Waals surface area contributed by atoms with Crippen LogP contribution in [0.15, 0.2) is 36.7 Å². The molecule has 1 amide bonds. The van der Waals surface area contributed by atoms with Gasteiger partial charge in [-0.15, -0.1) is 0 Å². The van der Waals surface area contributed by atoms with E-state index in [2.05, 4.69) is 15.3 Å². The first-order chi connectivity index (χ1) is 9.19. The van der Waals surface area contributed by atoms with E-state index in [-0.39, 0.29) is 5.91 Å². The zero-order valence-corrected chi connectivity index (χ0v) is 11.8. The Morgan fingerprint density at radius 2 is 2.21 bits per heavy atom. The van der Waals surface area contributed by atoms with Crippen molar-refractivity contribution in [2.45, 2.75) is 5.75 Å². The number of nitrogens with one attached hydrogen (secondary N) is 1. The summed E-state index contributed by atoms with van der Waals surface area (Å²) in [6, 6.07) is 6.97. The summed E-state index contributed by atoms with van der Waals surface area (Å²) in [4.78, 5) is 20.0. The largest absolute Gasteiger partial charge is 0.305 e. The first-order valence-electron chi connectivity index (χ1n) is 5.56. The molecule has 0 radical (unpaired) electrons. The Labute approximate surface area is 120 Å². The third-order valence-electron chi connectivity index (χ3n) is 2.34. The van der Waals surface area contributed by atoms with Crippen molar-refractivity contribution in [3.63, 3.8) is 0 Å². The summed E-state index contributed by atoms with van der Waals surface area (Å²) in [6.07, 6.45) is 5.14. The van der Waals surface area contributed by atoms with Gasteiger partial charge in [0.1, 0.15) is 11.5 Å². The van der Waals surface area contributed by atoms with E-state index < -0.39 is 0 Å². The van der Waals surface area contributed by atoms with Crippen LogP contribution in [-0.2, 0) is 5.75 Å². The summed E-state index contributed by atoms with van der Waals surface area (Å²) in [6.45, 7) is 0. The van der Waals surface area contributed by atoms with E-state index in [1.807, 2.05) is 18.4 Å². The number of anilines is 1.